The predicted molar refractivity (Wildman–Crippen MR) is 91.7 cm³/mol. The van der Waals surface area contributed by atoms with Crippen molar-refractivity contribution in [3.05, 3.63) is 29.3 Å². The van der Waals surface area contributed by atoms with Crippen molar-refractivity contribution in [2.45, 2.75) is 26.7 Å². The SMILES string of the molecule is Cc1ccc(C)c(N(CC(=O)N2CCCC2)S(=O)(=O)N(C)C)c1. The largest absolute Gasteiger partial charge is 0.341 e. The smallest absolute Gasteiger partial charge is 0.304 e. The van der Waals surface area contributed by atoms with Crippen LogP contribution < -0.4 is 4.31 Å². The highest BCUT2D eigenvalue weighted by molar-refractivity contribution is 7.90. The summed E-state index contributed by atoms with van der Waals surface area (Å²) in [5.74, 6) is -0.145. The third-order valence-corrected chi connectivity index (χ3v) is 5.92. The lowest BCUT2D eigenvalue weighted by atomic mass is 10.1. The van der Waals surface area contributed by atoms with Crippen LogP contribution in [-0.4, -0.2) is 57.3 Å². The van der Waals surface area contributed by atoms with Crippen LogP contribution in [0.4, 0.5) is 5.69 Å². The highest BCUT2D eigenvalue weighted by atomic mass is 32.2. The fourth-order valence-corrected chi connectivity index (χ4v) is 3.78. The van der Waals surface area contributed by atoms with Crippen LogP contribution in [0.2, 0.25) is 0 Å². The Balaban J connectivity index is 2.39. The van der Waals surface area contributed by atoms with Crippen molar-refractivity contribution in [1.29, 1.82) is 0 Å². The molecular weight excluding hydrogens is 314 g/mol. The average molecular weight is 339 g/mol. The van der Waals surface area contributed by atoms with Crippen LogP contribution in [0, 0.1) is 13.8 Å². The van der Waals surface area contributed by atoms with Gasteiger partial charge in [0.1, 0.15) is 6.54 Å². The van der Waals surface area contributed by atoms with E-state index >= 15 is 0 Å². The summed E-state index contributed by atoms with van der Waals surface area (Å²) in [6.45, 7) is 5.02. The van der Waals surface area contributed by atoms with Gasteiger partial charge < -0.3 is 4.90 Å². The van der Waals surface area contributed by atoms with Gasteiger partial charge in [-0.1, -0.05) is 12.1 Å². The molecule has 1 aliphatic rings. The van der Waals surface area contributed by atoms with Crippen LogP contribution in [0.5, 0.6) is 0 Å². The molecule has 1 aromatic rings. The van der Waals surface area contributed by atoms with E-state index in [1.165, 1.54) is 18.4 Å². The molecule has 0 atom stereocenters. The standard InChI is InChI=1S/C16H25N3O3S/c1-13-7-8-14(2)15(11-13)19(23(21,22)17(3)4)12-16(20)18-9-5-6-10-18/h7-8,11H,5-6,9-10,12H2,1-4H3. The summed E-state index contributed by atoms with van der Waals surface area (Å²) >= 11 is 0. The number of carbonyl (C=O) groups is 1. The Morgan fingerprint density at radius 2 is 1.78 bits per heavy atom. The summed E-state index contributed by atoms with van der Waals surface area (Å²) in [4.78, 5) is 14.2. The maximum absolute atomic E-state index is 12.7. The first-order valence-electron chi connectivity index (χ1n) is 7.78. The number of anilines is 1. The third-order valence-electron chi connectivity index (χ3n) is 4.11. The minimum absolute atomic E-state index is 0.145. The number of carbonyl (C=O) groups excluding carboxylic acids is 1. The molecule has 0 aliphatic carbocycles. The molecule has 1 heterocycles. The number of benzene rings is 1. The zero-order chi connectivity index (χ0) is 17.2. The van der Waals surface area contributed by atoms with E-state index in [1.807, 2.05) is 32.0 Å². The molecule has 0 N–H and O–H groups in total. The fraction of sp³-hybridized carbons (Fsp3) is 0.562. The molecule has 6 nitrogen and oxygen atoms in total. The predicted octanol–water partition coefficient (Wildman–Crippen LogP) is 1.54. The number of hydrogen-bond acceptors (Lipinski definition) is 3. The molecule has 0 radical (unpaired) electrons. The van der Waals surface area contributed by atoms with Crippen LogP contribution in [0.15, 0.2) is 18.2 Å². The summed E-state index contributed by atoms with van der Waals surface area (Å²) in [5.41, 5.74) is 2.35. The van der Waals surface area contributed by atoms with E-state index in [9.17, 15) is 13.2 Å². The van der Waals surface area contributed by atoms with E-state index in [0.717, 1.165) is 28.3 Å². The van der Waals surface area contributed by atoms with E-state index < -0.39 is 10.2 Å². The van der Waals surface area contributed by atoms with Gasteiger partial charge >= 0.3 is 10.2 Å². The molecule has 1 aromatic carbocycles. The molecule has 0 unspecified atom stereocenters. The highest BCUT2D eigenvalue weighted by Crippen LogP contribution is 2.25. The number of likely N-dealkylation sites (tertiary alicyclic amines) is 1. The Kier molecular flexibility index (Phi) is 5.31. The monoisotopic (exact) mass is 339 g/mol. The summed E-state index contributed by atoms with van der Waals surface area (Å²) in [5, 5.41) is 0. The van der Waals surface area contributed by atoms with Crippen LogP contribution >= 0.6 is 0 Å². The average Bonchev–Trinajstić information content (AvgIpc) is 3.01. The minimum Gasteiger partial charge on any atom is -0.341 e. The lowest BCUT2D eigenvalue weighted by Gasteiger charge is -2.30. The zero-order valence-corrected chi connectivity index (χ0v) is 15.1. The second kappa shape index (κ2) is 6.88. The van der Waals surface area contributed by atoms with Gasteiger partial charge in [0.25, 0.3) is 0 Å². The van der Waals surface area contributed by atoms with E-state index in [0.29, 0.717) is 18.8 Å². The van der Waals surface area contributed by atoms with Gasteiger partial charge in [-0.15, -0.1) is 0 Å². The second-order valence-electron chi connectivity index (χ2n) is 6.17. The first-order valence-corrected chi connectivity index (χ1v) is 9.18. The van der Waals surface area contributed by atoms with Gasteiger partial charge in [0.05, 0.1) is 5.69 Å². The van der Waals surface area contributed by atoms with Gasteiger partial charge in [0.2, 0.25) is 5.91 Å². The maximum Gasteiger partial charge on any atom is 0.304 e. The Bertz CT molecular complexity index is 680. The van der Waals surface area contributed by atoms with E-state index in [1.54, 1.807) is 4.90 Å². The summed E-state index contributed by atoms with van der Waals surface area (Å²) in [6.07, 6.45) is 1.96. The minimum atomic E-state index is -3.74. The molecule has 0 aromatic heterocycles. The first kappa shape index (κ1) is 17.7. The van der Waals surface area contributed by atoms with Gasteiger partial charge in [-0.05, 0) is 43.9 Å². The van der Waals surface area contributed by atoms with Crippen LogP contribution in [0.25, 0.3) is 0 Å². The van der Waals surface area contributed by atoms with E-state index in [4.69, 9.17) is 0 Å². The van der Waals surface area contributed by atoms with Crippen LogP contribution in [0.3, 0.4) is 0 Å². The second-order valence-corrected chi connectivity index (χ2v) is 8.24. The maximum atomic E-state index is 12.7. The molecule has 0 spiro atoms. The van der Waals surface area contributed by atoms with Gasteiger partial charge in [-0.2, -0.15) is 12.7 Å². The Labute approximate surface area is 138 Å². The lowest BCUT2D eigenvalue weighted by Crippen LogP contribution is -2.46. The van der Waals surface area contributed by atoms with Gasteiger partial charge in [0.15, 0.2) is 0 Å². The molecule has 23 heavy (non-hydrogen) atoms. The lowest BCUT2D eigenvalue weighted by molar-refractivity contribution is -0.128. The van der Waals surface area contributed by atoms with Crippen LogP contribution in [-0.2, 0) is 15.0 Å². The number of nitrogens with zero attached hydrogens (tertiary/aromatic N) is 3. The molecule has 1 aliphatic heterocycles. The normalized spacial score (nSPS) is 15.3. The number of aryl methyl sites for hydroxylation is 2. The molecule has 1 saturated heterocycles. The molecular formula is C16H25N3O3S. The van der Waals surface area contributed by atoms with Crippen molar-refractivity contribution in [3.63, 3.8) is 0 Å². The summed E-state index contributed by atoms with van der Waals surface area (Å²) < 4.78 is 27.8. The van der Waals surface area contributed by atoms with Gasteiger partial charge in [0, 0.05) is 27.2 Å². The van der Waals surface area contributed by atoms with Crippen molar-refractivity contribution in [2.24, 2.45) is 0 Å². The molecule has 0 bridgehead atoms. The Morgan fingerprint density at radius 3 is 2.35 bits per heavy atom. The van der Waals surface area contributed by atoms with E-state index in [2.05, 4.69) is 0 Å². The topological polar surface area (TPSA) is 60.9 Å². The number of hydrogen-bond donors (Lipinski definition) is 0. The zero-order valence-electron chi connectivity index (χ0n) is 14.2. The van der Waals surface area contributed by atoms with Crippen molar-refractivity contribution in [2.75, 3.05) is 38.0 Å². The Hall–Kier alpha value is -1.60. The number of rotatable bonds is 5. The quantitative estimate of drug-likeness (QED) is 0.817. The molecule has 128 valence electrons. The molecule has 1 amide bonds. The van der Waals surface area contributed by atoms with Crippen LogP contribution in [0.1, 0.15) is 24.0 Å². The van der Waals surface area contributed by atoms with Crippen molar-refractivity contribution in [3.8, 4) is 0 Å². The summed E-state index contributed by atoms with van der Waals surface area (Å²) in [7, 11) is -0.777. The van der Waals surface area contributed by atoms with Crippen molar-refractivity contribution >= 4 is 21.8 Å². The third kappa shape index (κ3) is 3.84. The van der Waals surface area contributed by atoms with Gasteiger partial charge in [-0.25, -0.2) is 4.31 Å². The number of amides is 1. The summed E-state index contributed by atoms with van der Waals surface area (Å²) in [6, 6.07) is 5.62. The first-order chi connectivity index (χ1) is 10.7. The van der Waals surface area contributed by atoms with Crippen molar-refractivity contribution in [1.82, 2.24) is 9.21 Å². The fourth-order valence-electron chi connectivity index (χ4n) is 2.67. The molecule has 7 heteroatoms. The Morgan fingerprint density at radius 1 is 1.17 bits per heavy atom. The molecule has 1 fully saturated rings. The van der Waals surface area contributed by atoms with E-state index in [-0.39, 0.29) is 12.5 Å². The molecule has 2 rings (SSSR count). The highest BCUT2D eigenvalue weighted by Gasteiger charge is 2.30. The van der Waals surface area contributed by atoms with Gasteiger partial charge in [-0.3, -0.25) is 4.79 Å². The van der Waals surface area contributed by atoms with Crippen molar-refractivity contribution < 1.29 is 13.2 Å². The molecule has 0 saturated carbocycles.